The third-order valence-electron chi connectivity index (χ3n) is 4.39. The van der Waals surface area contributed by atoms with Crippen LogP contribution in [0.4, 0.5) is 0 Å². The second-order valence-electron chi connectivity index (χ2n) is 5.97. The number of ether oxygens (including phenoxy) is 2. The lowest BCUT2D eigenvalue weighted by Gasteiger charge is -2.36. The predicted molar refractivity (Wildman–Crippen MR) is 67.1 cm³/mol. The van der Waals surface area contributed by atoms with Gasteiger partial charge < -0.3 is 14.8 Å². The Morgan fingerprint density at radius 1 is 1.06 bits per heavy atom. The zero-order valence-electron chi connectivity index (χ0n) is 10.7. The average Bonchev–Trinajstić information content (AvgIpc) is 3.09. The van der Waals surface area contributed by atoms with Crippen LogP contribution in [0.25, 0.3) is 0 Å². The molecular formula is C14H25NO2. The van der Waals surface area contributed by atoms with Gasteiger partial charge in [-0.05, 0) is 38.5 Å². The number of hydrogen-bond donors (Lipinski definition) is 1. The minimum absolute atomic E-state index is 0.157. The van der Waals surface area contributed by atoms with E-state index in [4.69, 9.17) is 9.47 Å². The van der Waals surface area contributed by atoms with Gasteiger partial charge in [-0.1, -0.05) is 12.8 Å². The molecule has 3 aliphatic rings. The highest BCUT2D eigenvalue weighted by atomic mass is 16.5. The van der Waals surface area contributed by atoms with Crippen LogP contribution in [0.5, 0.6) is 0 Å². The molecule has 98 valence electrons. The van der Waals surface area contributed by atoms with Crippen LogP contribution in [0.2, 0.25) is 0 Å². The van der Waals surface area contributed by atoms with Gasteiger partial charge in [-0.3, -0.25) is 0 Å². The molecule has 3 nitrogen and oxygen atoms in total. The zero-order chi connectivity index (χ0) is 11.6. The van der Waals surface area contributed by atoms with E-state index in [-0.39, 0.29) is 5.60 Å². The van der Waals surface area contributed by atoms with Crippen molar-refractivity contribution in [2.75, 3.05) is 19.8 Å². The van der Waals surface area contributed by atoms with E-state index in [9.17, 15) is 0 Å². The summed E-state index contributed by atoms with van der Waals surface area (Å²) in [6.07, 6.45) is 10.6. The Hall–Kier alpha value is -0.120. The van der Waals surface area contributed by atoms with E-state index < -0.39 is 0 Å². The predicted octanol–water partition coefficient (Wildman–Crippen LogP) is 2.25. The normalized spacial score (nSPS) is 29.6. The maximum absolute atomic E-state index is 6.48. The van der Waals surface area contributed by atoms with Crippen LogP contribution in [-0.2, 0) is 9.47 Å². The van der Waals surface area contributed by atoms with Gasteiger partial charge in [-0.25, -0.2) is 0 Å². The lowest BCUT2D eigenvalue weighted by molar-refractivity contribution is -0.121. The van der Waals surface area contributed by atoms with Crippen LogP contribution in [0.15, 0.2) is 0 Å². The minimum atomic E-state index is 0.157. The topological polar surface area (TPSA) is 30.5 Å². The van der Waals surface area contributed by atoms with E-state index >= 15 is 0 Å². The van der Waals surface area contributed by atoms with Gasteiger partial charge in [0, 0.05) is 25.8 Å². The first-order chi connectivity index (χ1) is 8.36. The van der Waals surface area contributed by atoms with Crippen molar-refractivity contribution < 1.29 is 9.47 Å². The van der Waals surface area contributed by atoms with Crippen molar-refractivity contribution in [2.24, 2.45) is 0 Å². The molecule has 0 radical (unpaired) electrons. The molecule has 0 amide bonds. The van der Waals surface area contributed by atoms with Gasteiger partial charge in [-0.15, -0.1) is 0 Å². The maximum Gasteiger partial charge on any atom is 0.0810 e. The number of nitrogens with one attached hydrogen (secondary N) is 1. The van der Waals surface area contributed by atoms with Crippen molar-refractivity contribution in [3.05, 3.63) is 0 Å². The van der Waals surface area contributed by atoms with E-state index in [1.807, 2.05) is 0 Å². The van der Waals surface area contributed by atoms with Crippen LogP contribution in [-0.4, -0.2) is 37.5 Å². The largest absolute Gasteiger partial charge is 0.381 e. The molecule has 0 bridgehead atoms. The molecular weight excluding hydrogens is 214 g/mol. The molecule has 2 aliphatic carbocycles. The highest BCUT2D eigenvalue weighted by Crippen LogP contribution is 2.36. The van der Waals surface area contributed by atoms with Crippen molar-refractivity contribution in [1.29, 1.82) is 0 Å². The third kappa shape index (κ3) is 3.21. The van der Waals surface area contributed by atoms with Gasteiger partial charge in [0.05, 0.1) is 11.7 Å². The fourth-order valence-electron chi connectivity index (χ4n) is 3.12. The fourth-order valence-corrected chi connectivity index (χ4v) is 3.12. The van der Waals surface area contributed by atoms with E-state index in [1.54, 1.807) is 0 Å². The summed E-state index contributed by atoms with van der Waals surface area (Å²) in [5, 5.41) is 3.67. The van der Waals surface area contributed by atoms with Crippen LogP contribution in [0.3, 0.4) is 0 Å². The van der Waals surface area contributed by atoms with Gasteiger partial charge >= 0.3 is 0 Å². The summed E-state index contributed by atoms with van der Waals surface area (Å²) in [5.74, 6) is 0. The molecule has 1 aliphatic heterocycles. The second kappa shape index (κ2) is 5.25. The number of rotatable bonds is 5. The fraction of sp³-hybridized carbons (Fsp3) is 1.00. The summed E-state index contributed by atoms with van der Waals surface area (Å²) in [6, 6.07) is 0.797. The summed E-state index contributed by atoms with van der Waals surface area (Å²) in [4.78, 5) is 0. The Bertz CT molecular complexity index is 241. The van der Waals surface area contributed by atoms with Gasteiger partial charge in [0.25, 0.3) is 0 Å². The molecule has 0 aromatic rings. The molecule has 0 aromatic carbocycles. The first-order valence-electron chi connectivity index (χ1n) is 7.35. The molecule has 3 rings (SSSR count). The molecule has 1 saturated heterocycles. The van der Waals surface area contributed by atoms with Crippen LogP contribution in [0, 0.1) is 0 Å². The highest BCUT2D eigenvalue weighted by Gasteiger charge is 2.38. The molecule has 0 aromatic heterocycles. The SMILES string of the molecule is C1CCC(CNC2CC2)(OC2CCOCC2)C1. The van der Waals surface area contributed by atoms with Crippen molar-refractivity contribution in [2.45, 2.75) is 69.1 Å². The van der Waals surface area contributed by atoms with Gasteiger partial charge in [0.1, 0.15) is 0 Å². The standard InChI is InChI=1S/C14H25NO2/c1-2-8-14(7-1,11-15-12-3-4-12)17-13-5-9-16-10-6-13/h12-13,15H,1-11H2. The molecule has 2 saturated carbocycles. The first kappa shape index (κ1) is 11.9. The Balaban J connectivity index is 1.53. The summed E-state index contributed by atoms with van der Waals surface area (Å²) >= 11 is 0. The molecule has 1 N–H and O–H groups in total. The monoisotopic (exact) mass is 239 g/mol. The van der Waals surface area contributed by atoms with Crippen LogP contribution in [0.1, 0.15) is 51.4 Å². The lowest BCUT2D eigenvalue weighted by Crippen LogP contribution is -2.45. The van der Waals surface area contributed by atoms with Crippen molar-refractivity contribution in [3.63, 3.8) is 0 Å². The Labute approximate surface area is 104 Å². The molecule has 0 spiro atoms. The Morgan fingerprint density at radius 3 is 2.41 bits per heavy atom. The minimum Gasteiger partial charge on any atom is -0.381 e. The van der Waals surface area contributed by atoms with Crippen LogP contribution >= 0.6 is 0 Å². The maximum atomic E-state index is 6.48. The molecule has 1 heterocycles. The second-order valence-corrected chi connectivity index (χ2v) is 5.97. The first-order valence-corrected chi connectivity index (χ1v) is 7.35. The van der Waals surface area contributed by atoms with E-state index in [0.717, 1.165) is 38.6 Å². The molecule has 0 atom stereocenters. The molecule has 0 unspecified atom stereocenters. The molecule has 3 heteroatoms. The number of hydrogen-bond acceptors (Lipinski definition) is 3. The smallest absolute Gasteiger partial charge is 0.0810 e. The van der Waals surface area contributed by atoms with E-state index in [0.29, 0.717) is 6.10 Å². The van der Waals surface area contributed by atoms with Crippen molar-refractivity contribution >= 4 is 0 Å². The van der Waals surface area contributed by atoms with E-state index in [2.05, 4.69) is 5.32 Å². The van der Waals surface area contributed by atoms with Crippen LogP contribution < -0.4 is 5.32 Å². The van der Waals surface area contributed by atoms with Crippen molar-refractivity contribution in [1.82, 2.24) is 5.32 Å². The molecule has 3 fully saturated rings. The summed E-state index contributed by atoms with van der Waals surface area (Å²) in [5.41, 5.74) is 0.157. The van der Waals surface area contributed by atoms with Gasteiger partial charge in [-0.2, -0.15) is 0 Å². The summed E-state index contributed by atoms with van der Waals surface area (Å²) in [7, 11) is 0. The lowest BCUT2D eigenvalue weighted by atomic mass is 10.0. The quantitative estimate of drug-likeness (QED) is 0.798. The van der Waals surface area contributed by atoms with Crippen molar-refractivity contribution in [3.8, 4) is 0 Å². The highest BCUT2D eigenvalue weighted by molar-refractivity contribution is 4.93. The van der Waals surface area contributed by atoms with Gasteiger partial charge in [0.2, 0.25) is 0 Å². The Morgan fingerprint density at radius 2 is 1.76 bits per heavy atom. The Kier molecular flexibility index (Phi) is 3.69. The summed E-state index contributed by atoms with van der Waals surface area (Å²) < 4.78 is 11.9. The average molecular weight is 239 g/mol. The van der Waals surface area contributed by atoms with E-state index in [1.165, 1.54) is 38.5 Å². The molecule has 17 heavy (non-hydrogen) atoms. The van der Waals surface area contributed by atoms with Gasteiger partial charge in [0.15, 0.2) is 0 Å². The summed E-state index contributed by atoms with van der Waals surface area (Å²) in [6.45, 7) is 2.85. The third-order valence-corrected chi connectivity index (χ3v) is 4.39. The zero-order valence-corrected chi connectivity index (χ0v) is 10.7.